The fourth-order valence-corrected chi connectivity index (χ4v) is 3.45. The maximum Gasteiger partial charge on any atom is 0.119 e. The molecule has 1 aliphatic rings. The molecule has 0 heterocycles. The molecule has 1 saturated carbocycles. The lowest BCUT2D eigenvalue weighted by atomic mass is 10.0. The first-order valence-electron chi connectivity index (χ1n) is 7.99. The fraction of sp³-hybridized carbons (Fsp3) is 0.474. The van der Waals surface area contributed by atoms with Crippen LogP contribution in [0.25, 0.3) is 10.8 Å². The molecule has 0 aromatic heterocycles. The predicted octanol–water partition coefficient (Wildman–Crippen LogP) is 4.69. The number of fused-ring (bicyclic) bond motifs is 1. The van der Waals surface area contributed by atoms with Gasteiger partial charge in [0.1, 0.15) is 5.75 Å². The summed E-state index contributed by atoms with van der Waals surface area (Å²) in [6.07, 6.45) is 3.99. The molecule has 1 fully saturated rings. The largest absolute Gasteiger partial charge is 0.497 e. The van der Waals surface area contributed by atoms with Crippen LogP contribution < -0.4 is 10.1 Å². The first-order chi connectivity index (χ1) is 10.2. The number of rotatable bonds is 4. The molecule has 0 amide bonds. The number of hydrogen-bond donors (Lipinski definition) is 1. The minimum Gasteiger partial charge on any atom is -0.497 e. The summed E-state index contributed by atoms with van der Waals surface area (Å²) in [5.74, 6) is 1.79. The lowest BCUT2D eigenvalue weighted by Gasteiger charge is -2.20. The van der Waals surface area contributed by atoms with Gasteiger partial charge in [-0.2, -0.15) is 0 Å². The van der Waals surface area contributed by atoms with E-state index in [9.17, 15) is 0 Å². The van der Waals surface area contributed by atoms with Gasteiger partial charge in [0.05, 0.1) is 7.11 Å². The first kappa shape index (κ1) is 14.4. The van der Waals surface area contributed by atoms with Crippen molar-refractivity contribution in [2.24, 2.45) is 5.92 Å². The Kier molecular flexibility index (Phi) is 4.16. The van der Waals surface area contributed by atoms with Crippen LogP contribution >= 0.6 is 0 Å². The molecule has 2 nitrogen and oxygen atoms in total. The van der Waals surface area contributed by atoms with Gasteiger partial charge in [-0.15, -0.1) is 0 Å². The van der Waals surface area contributed by atoms with Crippen molar-refractivity contribution in [3.8, 4) is 5.75 Å². The van der Waals surface area contributed by atoms with Crippen LogP contribution in [0.2, 0.25) is 0 Å². The Hall–Kier alpha value is -1.54. The Morgan fingerprint density at radius 3 is 2.57 bits per heavy atom. The van der Waals surface area contributed by atoms with E-state index in [0.717, 1.165) is 11.7 Å². The smallest absolute Gasteiger partial charge is 0.119 e. The highest BCUT2D eigenvalue weighted by molar-refractivity contribution is 5.84. The van der Waals surface area contributed by atoms with E-state index in [4.69, 9.17) is 4.74 Å². The number of ether oxygens (including phenoxy) is 1. The van der Waals surface area contributed by atoms with Gasteiger partial charge in [-0.25, -0.2) is 0 Å². The number of benzene rings is 2. The summed E-state index contributed by atoms with van der Waals surface area (Å²) in [5.41, 5.74) is 1.37. The summed E-state index contributed by atoms with van der Waals surface area (Å²) in [6, 6.07) is 14.1. The van der Waals surface area contributed by atoms with Crippen LogP contribution in [-0.4, -0.2) is 13.2 Å². The van der Waals surface area contributed by atoms with Gasteiger partial charge in [0, 0.05) is 12.1 Å². The zero-order chi connectivity index (χ0) is 14.8. The van der Waals surface area contributed by atoms with E-state index < -0.39 is 0 Å². The molecule has 0 saturated heterocycles. The molecule has 21 heavy (non-hydrogen) atoms. The van der Waals surface area contributed by atoms with E-state index in [0.29, 0.717) is 12.1 Å². The van der Waals surface area contributed by atoms with Crippen molar-refractivity contribution in [3.05, 3.63) is 42.0 Å². The van der Waals surface area contributed by atoms with Crippen LogP contribution in [-0.2, 0) is 0 Å². The third-order valence-corrected chi connectivity index (χ3v) is 4.75. The minimum absolute atomic E-state index is 0.409. The van der Waals surface area contributed by atoms with E-state index in [2.05, 4.69) is 49.5 Å². The van der Waals surface area contributed by atoms with Crippen molar-refractivity contribution in [2.45, 2.75) is 45.2 Å². The highest BCUT2D eigenvalue weighted by atomic mass is 16.5. The fourth-order valence-electron chi connectivity index (χ4n) is 3.45. The van der Waals surface area contributed by atoms with Gasteiger partial charge in [-0.05, 0) is 66.6 Å². The monoisotopic (exact) mass is 283 g/mol. The normalized spacial score (nSPS) is 23.4. The third kappa shape index (κ3) is 3.21. The van der Waals surface area contributed by atoms with E-state index in [-0.39, 0.29) is 0 Å². The average Bonchev–Trinajstić information content (AvgIpc) is 2.91. The summed E-state index contributed by atoms with van der Waals surface area (Å²) in [7, 11) is 1.71. The van der Waals surface area contributed by atoms with E-state index in [1.165, 1.54) is 35.6 Å². The molecule has 3 atom stereocenters. The number of nitrogens with one attached hydrogen (secondary N) is 1. The summed E-state index contributed by atoms with van der Waals surface area (Å²) < 4.78 is 5.29. The molecule has 2 heteroatoms. The minimum atomic E-state index is 0.409. The van der Waals surface area contributed by atoms with Gasteiger partial charge in [0.25, 0.3) is 0 Å². The molecule has 0 radical (unpaired) electrons. The summed E-state index contributed by atoms with van der Waals surface area (Å²) >= 11 is 0. The predicted molar refractivity (Wildman–Crippen MR) is 88.9 cm³/mol. The van der Waals surface area contributed by atoms with Gasteiger partial charge in [0.2, 0.25) is 0 Å². The second-order valence-corrected chi connectivity index (χ2v) is 6.48. The standard InChI is InChI=1S/C19H25NO/c1-13-4-8-18(10-13)20-14(2)15-5-6-17-12-19(21-3)9-7-16(17)11-15/h5-7,9,11-14,18,20H,4,8,10H2,1-3H3. The van der Waals surface area contributed by atoms with Crippen LogP contribution in [0.5, 0.6) is 5.75 Å². The third-order valence-electron chi connectivity index (χ3n) is 4.75. The molecule has 3 rings (SSSR count). The molecule has 2 aromatic rings. The van der Waals surface area contributed by atoms with Crippen LogP contribution in [0.3, 0.4) is 0 Å². The number of methoxy groups -OCH3 is 1. The van der Waals surface area contributed by atoms with Gasteiger partial charge in [-0.1, -0.05) is 25.1 Å². The molecular weight excluding hydrogens is 258 g/mol. The summed E-state index contributed by atoms with van der Waals surface area (Å²) in [5, 5.41) is 6.30. The second kappa shape index (κ2) is 6.07. The molecule has 2 aromatic carbocycles. The molecule has 3 unspecified atom stereocenters. The molecule has 1 N–H and O–H groups in total. The van der Waals surface area contributed by atoms with Crippen LogP contribution in [0, 0.1) is 5.92 Å². The Morgan fingerprint density at radius 1 is 1.10 bits per heavy atom. The van der Waals surface area contributed by atoms with Gasteiger partial charge >= 0.3 is 0 Å². The Balaban J connectivity index is 1.77. The van der Waals surface area contributed by atoms with E-state index in [1.807, 2.05) is 6.07 Å². The second-order valence-electron chi connectivity index (χ2n) is 6.48. The SMILES string of the molecule is COc1ccc2cc(C(C)NC3CCC(C)C3)ccc2c1. The van der Waals surface area contributed by atoms with Crippen LogP contribution in [0.4, 0.5) is 0 Å². The molecule has 0 aliphatic heterocycles. The molecule has 0 bridgehead atoms. The Labute approximate surface area is 127 Å². The maximum absolute atomic E-state index is 5.29. The average molecular weight is 283 g/mol. The summed E-state index contributed by atoms with van der Waals surface area (Å²) in [4.78, 5) is 0. The highest BCUT2D eigenvalue weighted by Gasteiger charge is 2.22. The van der Waals surface area contributed by atoms with Crippen molar-refractivity contribution in [1.29, 1.82) is 0 Å². The lowest BCUT2D eigenvalue weighted by Crippen LogP contribution is -2.29. The van der Waals surface area contributed by atoms with Crippen LogP contribution in [0.1, 0.15) is 44.7 Å². The first-order valence-corrected chi connectivity index (χ1v) is 7.99. The Morgan fingerprint density at radius 2 is 1.86 bits per heavy atom. The van der Waals surface area contributed by atoms with E-state index >= 15 is 0 Å². The Bertz CT molecular complexity index is 622. The number of hydrogen-bond acceptors (Lipinski definition) is 2. The van der Waals surface area contributed by atoms with Crippen LogP contribution in [0.15, 0.2) is 36.4 Å². The zero-order valence-corrected chi connectivity index (χ0v) is 13.2. The highest BCUT2D eigenvalue weighted by Crippen LogP contribution is 2.28. The maximum atomic E-state index is 5.29. The molecule has 112 valence electrons. The van der Waals surface area contributed by atoms with Crippen molar-refractivity contribution in [3.63, 3.8) is 0 Å². The van der Waals surface area contributed by atoms with Gasteiger partial charge < -0.3 is 10.1 Å². The lowest BCUT2D eigenvalue weighted by molar-refractivity contribution is 0.415. The summed E-state index contributed by atoms with van der Waals surface area (Å²) in [6.45, 7) is 4.63. The van der Waals surface area contributed by atoms with Crippen molar-refractivity contribution < 1.29 is 4.74 Å². The van der Waals surface area contributed by atoms with E-state index in [1.54, 1.807) is 7.11 Å². The molecule has 0 spiro atoms. The van der Waals surface area contributed by atoms with Crippen molar-refractivity contribution >= 4 is 10.8 Å². The quantitative estimate of drug-likeness (QED) is 0.879. The molecule has 1 aliphatic carbocycles. The molecular formula is C19H25NO. The zero-order valence-electron chi connectivity index (χ0n) is 13.2. The van der Waals surface area contributed by atoms with Gasteiger partial charge in [0.15, 0.2) is 0 Å². The van der Waals surface area contributed by atoms with Crippen molar-refractivity contribution in [2.75, 3.05) is 7.11 Å². The van der Waals surface area contributed by atoms with Gasteiger partial charge in [-0.3, -0.25) is 0 Å². The van der Waals surface area contributed by atoms with Crippen molar-refractivity contribution in [1.82, 2.24) is 5.32 Å². The topological polar surface area (TPSA) is 21.3 Å².